The smallest absolute Gasteiger partial charge is 0.119 e. The molecule has 164 valence electrons. The van der Waals surface area contributed by atoms with Crippen LogP contribution in [-0.4, -0.2) is 6.61 Å². The predicted molar refractivity (Wildman–Crippen MR) is 133 cm³/mol. The van der Waals surface area contributed by atoms with Gasteiger partial charge in [-0.3, -0.25) is 0 Å². The van der Waals surface area contributed by atoms with Crippen LogP contribution >= 0.6 is 0 Å². The highest BCUT2D eigenvalue weighted by molar-refractivity contribution is 5.40. The molecule has 0 saturated heterocycles. The summed E-state index contributed by atoms with van der Waals surface area (Å²) >= 11 is 0. The summed E-state index contributed by atoms with van der Waals surface area (Å²) in [4.78, 5) is 0. The molecule has 0 spiro atoms. The minimum Gasteiger partial charge on any atom is -0.494 e. The highest BCUT2D eigenvalue weighted by Crippen LogP contribution is 2.36. The fourth-order valence-corrected chi connectivity index (χ4v) is 4.38. The summed E-state index contributed by atoms with van der Waals surface area (Å²) in [7, 11) is 0. The molecule has 0 N–H and O–H groups in total. The number of benzene rings is 2. The third kappa shape index (κ3) is 7.95. The zero-order chi connectivity index (χ0) is 21.7. The monoisotopic (exact) mass is 414 g/mol. The lowest BCUT2D eigenvalue weighted by atomic mass is 9.78. The molecule has 1 aliphatic carbocycles. The van der Waals surface area contributed by atoms with Crippen LogP contribution in [0.25, 0.3) is 0 Å². The van der Waals surface area contributed by atoms with Crippen LogP contribution < -0.4 is 4.74 Å². The van der Waals surface area contributed by atoms with Gasteiger partial charge in [-0.1, -0.05) is 75.3 Å². The number of hydrogen-bond donors (Lipinski definition) is 0. The van der Waals surface area contributed by atoms with E-state index < -0.39 is 0 Å². The molecular formula is C30H38O. The Labute approximate surface area is 189 Å². The van der Waals surface area contributed by atoms with Crippen molar-refractivity contribution in [2.45, 2.75) is 77.6 Å². The van der Waals surface area contributed by atoms with E-state index in [1.165, 1.54) is 62.5 Å². The lowest BCUT2D eigenvalue weighted by Crippen LogP contribution is -2.11. The van der Waals surface area contributed by atoms with Crippen molar-refractivity contribution in [3.8, 4) is 17.6 Å². The second-order valence-corrected chi connectivity index (χ2v) is 8.81. The van der Waals surface area contributed by atoms with Gasteiger partial charge in [-0.25, -0.2) is 0 Å². The molecule has 1 saturated carbocycles. The van der Waals surface area contributed by atoms with Gasteiger partial charge in [0.15, 0.2) is 0 Å². The van der Waals surface area contributed by atoms with Gasteiger partial charge in [-0.2, -0.15) is 0 Å². The van der Waals surface area contributed by atoms with Gasteiger partial charge in [-0.05, 0) is 91.8 Å². The molecule has 0 radical (unpaired) electrons. The Hall–Kier alpha value is -2.46. The van der Waals surface area contributed by atoms with Crippen molar-refractivity contribution < 1.29 is 4.74 Å². The van der Waals surface area contributed by atoms with Crippen LogP contribution in [0, 0.1) is 17.8 Å². The van der Waals surface area contributed by atoms with Gasteiger partial charge in [-0.15, -0.1) is 0 Å². The molecule has 3 rings (SSSR count). The number of ether oxygens (including phenoxy) is 1. The van der Waals surface area contributed by atoms with E-state index in [1.54, 1.807) is 0 Å². The standard InChI is InChI=1S/C30H38O/c1-3-5-8-24-31-30-22-16-27(17-23-30)11-7-6-10-26-14-20-29(21-15-26)28-18-12-25(9-4-2)13-19-28/h6,10,12-13,16-19,22-23,26,29H,3-5,8-9,14-15,20-21,24H2,1-2H3/b10-6+/t26-,29-. The Morgan fingerprint density at radius 1 is 0.871 bits per heavy atom. The molecule has 1 aliphatic rings. The highest BCUT2D eigenvalue weighted by Gasteiger charge is 2.20. The number of rotatable bonds is 9. The first-order valence-corrected chi connectivity index (χ1v) is 12.3. The maximum Gasteiger partial charge on any atom is 0.119 e. The third-order valence-electron chi connectivity index (χ3n) is 6.30. The molecule has 0 amide bonds. The lowest BCUT2D eigenvalue weighted by molar-refractivity contribution is 0.306. The fraction of sp³-hybridized carbons (Fsp3) is 0.467. The summed E-state index contributed by atoms with van der Waals surface area (Å²) in [6, 6.07) is 17.5. The Balaban J connectivity index is 1.41. The van der Waals surface area contributed by atoms with E-state index in [4.69, 9.17) is 4.74 Å². The molecule has 2 aromatic carbocycles. The molecule has 0 unspecified atom stereocenters. The minimum atomic E-state index is 0.670. The van der Waals surface area contributed by atoms with Gasteiger partial charge >= 0.3 is 0 Å². The van der Waals surface area contributed by atoms with Crippen LogP contribution in [0.1, 0.15) is 87.8 Å². The predicted octanol–water partition coefficient (Wildman–Crippen LogP) is 8.09. The van der Waals surface area contributed by atoms with Crippen molar-refractivity contribution in [3.63, 3.8) is 0 Å². The lowest BCUT2D eigenvalue weighted by Gasteiger charge is -2.27. The maximum atomic E-state index is 5.76. The summed E-state index contributed by atoms with van der Waals surface area (Å²) in [6.07, 6.45) is 15.5. The largest absolute Gasteiger partial charge is 0.494 e. The number of hydrogen-bond acceptors (Lipinski definition) is 1. The zero-order valence-electron chi connectivity index (χ0n) is 19.4. The summed E-state index contributed by atoms with van der Waals surface area (Å²) in [5, 5.41) is 0. The maximum absolute atomic E-state index is 5.76. The molecule has 0 atom stereocenters. The Kier molecular flexibility index (Phi) is 9.78. The van der Waals surface area contributed by atoms with Gasteiger partial charge < -0.3 is 4.74 Å². The summed E-state index contributed by atoms with van der Waals surface area (Å²) < 4.78 is 5.76. The molecule has 1 fully saturated rings. The van der Waals surface area contributed by atoms with Crippen molar-refractivity contribution in [2.75, 3.05) is 6.61 Å². The van der Waals surface area contributed by atoms with Crippen molar-refractivity contribution in [3.05, 3.63) is 77.4 Å². The van der Waals surface area contributed by atoms with Crippen molar-refractivity contribution >= 4 is 0 Å². The first-order valence-electron chi connectivity index (χ1n) is 12.3. The molecule has 0 bridgehead atoms. The van der Waals surface area contributed by atoms with E-state index in [9.17, 15) is 0 Å². The van der Waals surface area contributed by atoms with Crippen molar-refractivity contribution in [1.29, 1.82) is 0 Å². The van der Waals surface area contributed by atoms with Gasteiger partial charge in [0.05, 0.1) is 6.61 Å². The van der Waals surface area contributed by atoms with Crippen LogP contribution in [0.4, 0.5) is 0 Å². The average molecular weight is 415 g/mol. The van der Waals surface area contributed by atoms with Crippen molar-refractivity contribution in [2.24, 2.45) is 5.92 Å². The number of allylic oxidation sites excluding steroid dienone is 2. The van der Waals surface area contributed by atoms with Gasteiger partial charge in [0.25, 0.3) is 0 Å². The fourth-order valence-electron chi connectivity index (χ4n) is 4.38. The molecule has 31 heavy (non-hydrogen) atoms. The van der Waals surface area contributed by atoms with Crippen LogP contribution in [0.5, 0.6) is 5.75 Å². The second-order valence-electron chi connectivity index (χ2n) is 8.81. The van der Waals surface area contributed by atoms with E-state index in [-0.39, 0.29) is 0 Å². The summed E-state index contributed by atoms with van der Waals surface area (Å²) in [5.41, 5.74) is 4.04. The molecule has 2 aromatic rings. The van der Waals surface area contributed by atoms with Gasteiger partial charge in [0.1, 0.15) is 5.75 Å². The summed E-state index contributed by atoms with van der Waals surface area (Å²) in [6.45, 7) is 5.25. The van der Waals surface area contributed by atoms with Gasteiger partial charge in [0, 0.05) is 5.56 Å². The number of aryl methyl sites for hydroxylation is 1. The minimum absolute atomic E-state index is 0.670. The van der Waals surface area contributed by atoms with E-state index in [0.29, 0.717) is 5.92 Å². The van der Waals surface area contributed by atoms with Crippen molar-refractivity contribution in [1.82, 2.24) is 0 Å². The molecule has 0 heterocycles. The summed E-state index contributed by atoms with van der Waals surface area (Å²) in [5.74, 6) is 8.80. The molecule has 1 heteroatoms. The second kappa shape index (κ2) is 13.1. The van der Waals surface area contributed by atoms with E-state index >= 15 is 0 Å². The van der Waals surface area contributed by atoms with E-state index in [2.05, 4.69) is 62.1 Å². The Morgan fingerprint density at radius 3 is 2.29 bits per heavy atom. The third-order valence-corrected chi connectivity index (χ3v) is 6.30. The van der Waals surface area contributed by atoms with Crippen LogP contribution in [0.2, 0.25) is 0 Å². The number of unbranched alkanes of at least 4 members (excludes halogenated alkanes) is 2. The van der Waals surface area contributed by atoms with Crippen LogP contribution in [0.15, 0.2) is 60.7 Å². The Bertz CT molecular complexity index is 840. The van der Waals surface area contributed by atoms with Crippen LogP contribution in [0.3, 0.4) is 0 Å². The molecule has 0 aromatic heterocycles. The first kappa shape index (κ1) is 23.2. The average Bonchev–Trinajstić information content (AvgIpc) is 2.82. The normalized spacial score (nSPS) is 18.5. The first-order chi connectivity index (χ1) is 15.3. The highest BCUT2D eigenvalue weighted by atomic mass is 16.5. The van der Waals surface area contributed by atoms with E-state index in [1.807, 2.05) is 24.3 Å². The van der Waals surface area contributed by atoms with Gasteiger partial charge in [0.2, 0.25) is 0 Å². The zero-order valence-corrected chi connectivity index (χ0v) is 19.4. The van der Waals surface area contributed by atoms with E-state index in [0.717, 1.165) is 30.3 Å². The molecular weight excluding hydrogens is 376 g/mol. The topological polar surface area (TPSA) is 9.23 Å². The Morgan fingerprint density at radius 2 is 1.61 bits per heavy atom. The molecule has 1 nitrogen and oxygen atoms in total. The molecule has 0 aliphatic heterocycles. The SMILES string of the molecule is CCCCCOc1ccc(C#C/C=C/[C@H]2CC[C@H](c3ccc(CCC)cc3)CC2)cc1. The quantitative estimate of drug-likeness (QED) is 0.297. The van der Waals surface area contributed by atoms with Crippen LogP contribution in [-0.2, 0) is 6.42 Å².